The first kappa shape index (κ1) is 20.0. The molecular weight excluding hydrogens is 336 g/mol. The summed E-state index contributed by atoms with van der Waals surface area (Å²) in [5.74, 6) is -0.638. The lowest BCUT2D eigenvalue weighted by molar-refractivity contribution is -0.385. The number of nitrogens with zero attached hydrogens (tertiary/aromatic N) is 1. The molecule has 0 aromatic heterocycles. The number of nitro benzene ring substituents is 1. The highest BCUT2D eigenvalue weighted by Crippen LogP contribution is 2.31. The molecule has 0 aliphatic rings. The minimum absolute atomic E-state index is 0.196. The number of rotatable bonds is 6. The van der Waals surface area contributed by atoms with Gasteiger partial charge in [-0.3, -0.25) is 14.9 Å². The van der Waals surface area contributed by atoms with Gasteiger partial charge in [-0.25, -0.2) is 13.1 Å². The molecule has 0 radical (unpaired) electrons. The number of ether oxygens (including phenoxy) is 1. The van der Waals surface area contributed by atoms with Crippen molar-refractivity contribution in [3.63, 3.8) is 0 Å². The van der Waals surface area contributed by atoms with Crippen molar-refractivity contribution in [2.24, 2.45) is 0 Å². The quantitative estimate of drug-likeness (QED) is 0.473. The number of methoxy groups -OCH3 is 1. The lowest BCUT2D eigenvalue weighted by Crippen LogP contribution is -2.50. The van der Waals surface area contributed by atoms with Gasteiger partial charge in [0.2, 0.25) is 10.0 Å². The first-order valence-corrected chi connectivity index (χ1v) is 8.66. The van der Waals surface area contributed by atoms with E-state index >= 15 is 0 Å². The van der Waals surface area contributed by atoms with Crippen LogP contribution < -0.4 is 4.72 Å². The molecule has 1 aromatic carbocycles. The number of hydrogen-bond acceptors (Lipinski definition) is 6. The summed E-state index contributed by atoms with van der Waals surface area (Å²) in [5.41, 5.74) is -1.28. The molecule has 0 fully saturated rings. The van der Waals surface area contributed by atoms with E-state index in [0.717, 1.165) is 0 Å². The van der Waals surface area contributed by atoms with E-state index in [1.54, 1.807) is 0 Å². The third-order valence-electron chi connectivity index (χ3n) is 3.59. The zero-order chi connectivity index (χ0) is 18.8. The Morgan fingerprint density at radius 1 is 1.29 bits per heavy atom. The summed E-state index contributed by atoms with van der Waals surface area (Å²) in [6, 6.07) is 5.50. The van der Waals surface area contributed by atoms with Crippen LogP contribution in [0.1, 0.15) is 39.7 Å². The Labute approximate surface area is 141 Å². The number of carbonyl (C=O) groups is 1. The van der Waals surface area contributed by atoms with Crippen molar-refractivity contribution in [1.82, 2.24) is 4.72 Å². The molecule has 0 aliphatic carbocycles. The Morgan fingerprint density at radius 2 is 1.88 bits per heavy atom. The smallest absolute Gasteiger partial charge is 0.307 e. The number of non-ortho nitro benzene ring substituents is 1. The number of benzene rings is 1. The third kappa shape index (κ3) is 4.51. The van der Waals surface area contributed by atoms with E-state index in [1.807, 2.05) is 0 Å². The molecule has 1 aromatic rings. The maximum Gasteiger partial charge on any atom is 0.307 e. The van der Waals surface area contributed by atoms with Crippen LogP contribution in [0.3, 0.4) is 0 Å². The number of nitrogens with one attached hydrogen (secondary N) is 1. The normalized spacial score (nSPS) is 14.7. The molecule has 8 nitrogen and oxygen atoms in total. The maximum atomic E-state index is 12.5. The first-order chi connectivity index (χ1) is 10.8. The lowest BCUT2D eigenvalue weighted by atomic mass is 9.89. The number of esters is 1. The summed E-state index contributed by atoms with van der Waals surface area (Å²) >= 11 is 0. The molecule has 0 unspecified atom stereocenters. The van der Waals surface area contributed by atoms with Gasteiger partial charge in [-0.1, -0.05) is 12.1 Å². The van der Waals surface area contributed by atoms with Gasteiger partial charge in [0.05, 0.1) is 28.7 Å². The van der Waals surface area contributed by atoms with Gasteiger partial charge in [0, 0.05) is 12.1 Å². The highest BCUT2D eigenvalue weighted by atomic mass is 32.2. The van der Waals surface area contributed by atoms with Gasteiger partial charge in [0.25, 0.3) is 5.69 Å². The molecule has 9 heteroatoms. The van der Waals surface area contributed by atoms with Crippen LogP contribution in [0, 0.1) is 10.1 Å². The van der Waals surface area contributed by atoms with Crippen molar-refractivity contribution in [1.29, 1.82) is 0 Å². The molecule has 0 aliphatic heterocycles. The standard InChI is InChI=1S/C15H22N2O6S/c1-14(2,3)24(21,22)16-15(4,10-13(18)23-5)11-7-6-8-12(9-11)17(19)20/h6-9,16H,10H2,1-5H3/t15-/m0/s1. The number of sulfonamides is 1. The van der Waals surface area contributed by atoms with Crippen molar-refractivity contribution in [2.45, 2.75) is 44.4 Å². The molecule has 1 atom stereocenters. The van der Waals surface area contributed by atoms with Crippen molar-refractivity contribution < 1.29 is 22.9 Å². The van der Waals surface area contributed by atoms with Crippen LogP contribution in [0.2, 0.25) is 0 Å². The molecule has 0 heterocycles. The molecule has 0 spiro atoms. The largest absolute Gasteiger partial charge is 0.469 e. The van der Waals surface area contributed by atoms with Gasteiger partial charge in [0.1, 0.15) is 0 Å². The van der Waals surface area contributed by atoms with Crippen molar-refractivity contribution >= 4 is 21.7 Å². The molecule has 1 N–H and O–H groups in total. The Kier molecular flexibility index (Phi) is 5.73. The molecule has 0 saturated heterocycles. The maximum absolute atomic E-state index is 12.5. The average molecular weight is 358 g/mol. The van der Waals surface area contributed by atoms with Crippen molar-refractivity contribution in [3.8, 4) is 0 Å². The van der Waals surface area contributed by atoms with Crippen LogP contribution in [-0.4, -0.2) is 31.2 Å². The van der Waals surface area contributed by atoms with Gasteiger partial charge in [-0.2, -0.15) is 0 Å². The Hall–Kier alpha value is -2.00. The van der Waals surface area contributed by atoms with E-state index in [1.165, 1.54) is 59.1 Å². The molecule has 0 amide bonds. The van der Waals surface area contributed by atoms with Crippen LogP contribution in [-0.2, 0) is 25.1 Å². The highest BCUT2D eigenvalue weighted by Gasteiger charge is 2.40. The third-order valence-corrected chi connectivity index (χ3v) is 5.92. The Bertz CT molecular complexity index is 739. The topological polar surface area (TPSA) is 116 Å². The molecule has 0 bridgehead atoms. The molecule has 1 rings (SSSR count). The van der Waals surface area contributed by atoms with E-state index in [9.17, 15) is 23.3 Å². The minimum Gasteiger partial charge on any atom is -0.469 e. The number of nitro groups is 1. The first-order valence-electron chi connectivity index (χ1n) is 7.18. The van der Waals surface area contributed by atoms with Crippen molar-refractivity contribution in [2.75, 3.05) is 7.11 Å². The van der Waals surface area contributed by atoms with Gasteiger partial charge >= 0.3 is 5.97 Å². The average Bonchev–Trinajstić information content (AvgIpc) is 2.45. The van der Waals surface area contributed by atoms with Crippen LogP contribution in [0.5, 0.6) is 0 Å². The lowest BCUT2D eigenvalue weighted by Gasteiger charge is -2.33. The fraction of sp³-hybridized carbons (Fsp3) is 0.533. The zero-order valence-corrected chi connectivity index (χ0v) is 15.1. The van der Waals surface area contributed by atoms with Crippen LogP contribution >= 0.6 is 0 Å². The molecule has 0 saturated carbocycles. The Morgan fingerprint density at radius 3 is 2.33 bits per heavy atom. The van der Waals surface area contributed by atoms with E-state index in [-0.39, 0.29) is 12.1 Å². The zero-order valence-electron chi connectivity index (χ0n) is 14.3. The van der Waals surface area contributed by atoms with Crippen LogP contribution in [0.15, 0.2) is 24.3 Å². The molecule has 24 heavy (non-hydrogen) atoms. The van der Waals surface area contributed by atoms with E-state index < -0.39 is 31.2 Å². The summed E-state index contributed by atoms with van der Waals surface area (Å²) in [5, 5.41) is 11.0. The second-order valence-corrected chi connectivity index (χ2v) is 9.05. The Balaban J connectivity index is 3.43. The summed E-state index contributed by atoms with van der Waals surface area (Å²) in [6.07, 6.45) is -0.306. The minimum atomic E-state index is -3.82. The predicted molar refractivity (Wildman–Crippen MR) is 88.9 cm³/mol. The fourth-order valence-corrected chi connectivity index (χ4v) is 3.06. The SMILES string of the molecule is COC(=O)C[C@](C)(NS(=O)(=O)C(C)(C)C)c1cccc([N+](=O)[O-])c1. The molecular formula is C15H22N2O6S. The van der Waals surface area contributed by atoms with E-state index in [4.69, 9.17) is 0 Å². The summed E-state index contributed by atoms with van der Waals surface area (Å²) in [7, 11) is -2.63. The summed E-state index contributed by atoms with van der Waals surface area (Å²) in [4.78, 5) is 22.2. The highest BCUT2D eigenvalue weighted by molar-refractivity contribution is 7.90. The predicted octanol–water partition coefficient (Wildman–Crippen LogP) is 2.09. The van der Waals surface area contributed by atoms with Crippen LogP contribution in [0.4, 0.5) is 5.69 Å². The van der Waals surface area contributed by atoms with E-state index in [0.29, 0.717) is 5.56 Å². The number of carbonyl (C=O) groups excluding carboxylic acids is 1. The second kappa shape index (κ2) is 6.86. The van der Waals surface area contributed by atoms with E-state index in [2.05, 4.69) is 9.46 Å². The van der Waals surface area contributed by atoms with Crippen LogP contribution in [0.25, 0.3) is 0 Å². The van der Waals surface area contributed by atoms with Gasteiger partial charge < -0.3 is 4.74 Å². The monoisotopic (exact) mass is 358 g/mol. The van der Waals surface area contributed by atoms with Crippen molar-refractivity contribution in [3.05, 3.63) is 39.9 Å². The van der Waals surface area contributed by atoms with Gasteiger partial charge in [-0.05, 0) is 33.3 Å². The van der Waals surface area contributed by atoms with Gasteiger partial charge in [0.15, 0.2) is 0 Å². The number of hydrogen-bond donors (Lipinski definition) is 1. The molecule has 134 valence electrons. The van der Waals surface area contributed by atoms with Gasteiger partial charge in [-0.15, -0.1) is 0 Å². The second-order valence-electron chi connectivity index (χ2n) is 6.61. The fourth-order valence-electron chi connectivity index (χ4n) is 1.97. The summed E-state index contributed by atoms with van der Waals surface area (Å²) in [6.45, 7) is 6.04. The summed E-state index contributed by atoms with van der Waals surface area (Å²) < 4.78 is 31.1.